The van der Waals surface area contributed by atoms with Gasteiger partial charge in [-0.1, -0.05) is 6.07 Å². The van der Waals surface area contributed by atoms with Gasteiger partial charge in [0.05, 0.1) is 0 Å². The van der Waals surface area contributed by atoms with Crippen LogP contribution in [0.1, 0.15) is 24.0 Å². The van der Waals surface area contributed by atoms with Crippen molar-refractivity contribution in [2.45, 2.75) is 26.3 Å². The van der Waals surface area contributed by atoms with Crippen molar-refractivity contribution in [2.75, 3.05) is 13.1 Å². The van der Waals surface area contributed by atoms with Crippen molar-refractivity contribution in [3.05, 3.63) is 35.1 Å². The van der Waals surface area contributed by atoms with Gasteiger partial charge in [-0.05, 0) is 56.1 Å². The summed E-state index contributed by atoms with van der Waals surface area (Å²) in [5.41, 5.74) is 2.11. The third kappa shape index (κ3) is 2.32. The fourth-order valence-electron chi connectivity index (χ4n) is 2.10. The van der Waals surface area contributed by atoms with Gasteiger partial charge in [0.1, 0.15) is 5.82 Å². The Hall–Kier alpha value is -0.890. The molecule has 0 saturated carbocycles. The van der Waals surface area contributed by atoms with E-state index in [0.717, 1.165) is 30.8 Å². The van der Waals surface area contributed by atoms with Crippen LogP contribution in [0.4, 0.5) is 4.39 Å². The minimum Gasteiger partial charge on any atom is -0.299 e. The summed E-state index contributed by atoms with van der Waals surface area (Å²) in [6.07, 6.45) is 2.57. The van der Waals surface area contributed by atoms with Gasteiger partial charge >= 0.3 is 0 Å². The van der Waals surface area contributed by atoms with Crippen LogP contribution in [0.2, 0.25) is 0 Å². The molecule has 0 amide bonds. The van der Waals surface area contributed by atoms with Crippen LogP contribution in [0.5, 0.6) is 0 Å². The topological polar surface area (TPSA) is 3.24 Å². The van der Waals surface area contributed by atoms with Crippen molar-refractivity contribution in [3.8, 4) is 0 Å². The summed E-state index contributed by atoms with van der Waals surface area (Å²) in [6.45, 7) is 5.17. The summed E-state index contributed by atoms with van der Waals surface area (Å²) >= 11 is 0. The first-order chi connectivity index (χ1) is 6.74. The van der Waals surface area contributed by atoms with Gasteiger partial charge in [0, 0.05) is 6.54 Å². The molecule has 1 aromatic carbocycles. The largest absolute Gasteiger partial charge is 0.299 e. The summed E-state index contributed by atoms with van der Waals surface area (Å²) in [7, 11) is 0. The molecule has 1 heterocycles. The Balaban J connectivity index is 2.07. The summed E-state index contributed by atoms with van der Waals surface area (Å²) in [6, 6.07) is 5.29. The number of hydrogen-bond acceptors (Lipinski definition) is 1. The maximum atomic E-state index is 13.1. The van der Waals surface area contributed by atoms with Crippen LogP contribution in [0.25, 0.3) is 0 Å². The van der Waals surface area contributed by atoms with E-state index in [9.17, 15) is 4.39 Å². The first kappa shape index (κ1) is 9.66. The summed E-state index contributed by atoms with van der Waals surface area (Å²) < 4.78 is 13.1. The molecule has 0 aliphatic carbocycles. The van der Waals surface area contributed by atoms with Gasteiger partial charge in [0.2, 0.25) is 0 Å². The second kappa shape index (κ2) is 4.09. The number of benzene rings is 1. The van der Waals surface area contributed by atoms with Crippen molar-refractivity contribution < 1.29 is 4.39 Å². The molecule has 0 bridgehead atoms. The van der Waals surface area contributed by atoms with Crippen LogP contribution in [0.15, 0.2) is 18.2 Å². The third-order valence-electron chi connectivity index (χ3n) is 2.71. The Kier molecular flexibility index (Phi) is 2.82. The molecule has 14 heavy (non-hydrogen) atoms. The fourth-order valence-corrected chi connectivity index (χ4v) is 2.10. The Morgan fingerprint density at radius 2 is 1.93 bits per heavy atom. The van der Waals surface area contributed by atoms with Crippen molar-refractivity contribution in [1.29, 1.82) is 0 Å². The number of aryl methyl sites for hydroxylation is 1. The number of hydrogen-bond donors (Lipinski definition) is 0. The lowest BCUT2D eigenvalue weighted by atomic mass is 10.1. The maximum absolute atomic E-state index is 13.1. The lowest BCUT2D eigenvalue weighted by Crippen LogP contribution is -2.18. The van der Waals surface area contributed by atoms with E-state index in [1.165, 1.54) is 12.8 Å². The van der Waals surface area contributed by atoms with Crippen molar-refractivity contribution in [2.24, 2.45) is 0 Å². The van der Waals surface area contributed by atoms with E-state index in [1.807, 2.05) is 6.92 Å². The molecule has 0 aromatic heterocycles. The van der Waals surface area contributed by atoms with E-state index >= 15 is 0 Å². The third-order valence-corrected chi connectivity index (χ3v) is 2.71. The number of likely N-dealkylation sites (tertiary alicyclic amines) is 1. The Morgan fingerprint density at radius 3 is 2.57 bits per heavy atom. The molecule has 0 radical (unpaired) electrons. The average molecular weight is 193 g/mol. The highest BCUT2D eigenvalue weighted by molar-refractivity contribution is 5.23. The summed E-state index contributed by atoms with van der Waals surface area (Å²) in [5, 5.41) is 0. The standard InChI is InChI=1S/C12H16FN/c1-10-6-11(8-12(13)7-10)9-14-4-2-3-5-14/h6-8H,2-5,9H2,1H3. The molecule has 1 aliphatic rings. The quantitative estimate of drug-likeness (QED) is 0.698. The monoisotopic (exact) mass is 193 g/mol. The Bertz CT molecular complexity index is 296. The number of nitrogens with zero attached hydrogens (tertiary/aromatic N) is 1. The zero-order valence-electron chi connectivity index (χ0n) is 8.59. The highest BCUT2D eigenvalue weighted by atomic mass is 19.1. The van der Waals surface area contributed by atoms with Crippen LogP contribution in [0, 0.1) is 12.7 Å². The minimum atomic E-state index is -0.112. The zero-order chi connectivity index (χ0) is 9.97. The summed E-state index contributed by atoms with van der Waals surface area (Å²) in [5.74, 6) is -0.112. The van der Waals surface area contributed by atoms with Gasteiger partial charge in [-0.2, -0.15) is 0 Å². The molecule has 0 atom stereocenters. The SMILES string of the molecule is Cc1cc(F)cc(CN2CCCC2)c1. The Labute approximate surface area is 84.5 Å². The maximum Gasteiger partial charge on any atom is 0.123 e. The second-order valence-corrected chi connectivity index (χ2v) is 4.12. The lowest BCUT2D eigenvalue weighted by molar-refractivity contribution is 0.331. The van der Waals surface area contributed by atoms with Crippen LogP contribution in [-0.4, -0.2) is 18.0 Å². The molecule has 2 heteroatoms. The van der Waals surface area contributed by atoms with Gasteiger partial charge in [-0.15, -0.1) is 0 Å². The number of rotatable bonds is 2. The van der Waals surface area contributed by atoms with Crippen molar-refractivity contribution in [1.82, 2.24) is 4.90 Å². The molecule has 2 rings (SSSR count). The van der Waals surface area contributed by atoms with Crippen molar-refractivity contribution in [3.63, 3.8) is 0 Å². The molecule has 1 aliphatic heterocycles. The first-order valence-corrected chi connectivity index (χ1v) is 5.22. The molecule has 76 valence electrons. The van der Waals surface area contributed by atoms with E-state index in [2.05, 4.69) is 11.0 Å². The number of halogens is 1. The van der Waals surface area contributed by atoms with Gasteiger partial charge in [-0.3, -0.25) is 4.90 Å². The van der Waals surface area contributed by atoms with E-state index < -0.39 is 0 Å². The van der Waals surface area contributed by atoms with Crippen LogP contribution >= 0.6 is 0 Å². The highest BCUT2D eigenvalue weighted by Crippen LogP contribution is 2.14. The first-order valence-electron chi connectivity index (χ1n) is 5.22. The van der Waals surface area contributed by atoms with E-state index in [-0.39, 0.29) is 5.82 Å². The molecule has 0 unspecified atom stereocenters. The van der Waals surface area contributed by atoms with Gasteiger partial charge in [0.15, 0.2) is 0 Å². The minimum absolute atomic E-state index is 0.112. The normalized spacial score (nSPS) is 17.6. The van der Waals surface area contributed by atoms with Crippen LogP contribution < -0.4 is 0 Å². The molecule has 1 aromatic rings. The zero-order valence-corrected chi connectivity index (χ0v) is 8.59. The predicted octanol–water partition coefficient (Wildman–Crippen LogP) is 2.73. The average Bonchev–Trinajstić information content (AvgIpc) is 2.54. The molecule has 1 nitrogen and oxygen atoms in total. The van der Waals surface area contributed by atoms with Gasteiger partial charge in [0.25, 0.3) is 0 Å². The van der Waals surface area contributed by atoms with E-state index in [1.54, 1.807) is 12.1 Å². The van der Waals surface area contributed by atoms with Crippen molar-refractivity contribution >= 4 is 0 Å². The molecule has 1 saturated heterocycles. The molecule has 0 N–H and O–H groups in total. The van der Waals surface area contributed by atoms with Crippen LogP contribution in [0.3, 0.4) is 0 Å². The van der Waals surface area contributed by atoms with Crippen LogP contribution in [-0.2, 0) is 6.54 Å². The second-order valence-electron chi connectivity index (χ2n) is 4.12. The molecular weight excluding hydrogens is 177 g/mol. The smallest absolute Gasteiger partial charge is 0.123 e. The molecular formula is C12H16FN. The highest BCUT2D eigenvalue weighted by Gasteiger charge is 2.11. The fraction of sp³-hybridized carbons (Fsp3) is 0.500. The van der Waals surface area contributed by atoms with Gasteiger partial charge in [-0.25, -0.2) is 4.39 Å². The summed E-state index contributed by atoms with van der Waals surface area (Å²) in [4.78, 5) is 2.38. The predicted molar refractivity (Wildman–Crippen MR) is 55.6 cm³/mol. The van der Waals surface area contributed by atoms with Gasteiger partial charge < -0.3 is 0 Å². The van der Waals surface area contributed by atoms with E-state index in [0.29, 0.717) is 0 Å². The van der Waals surface area contributed by atoms with E-state index in [4.69, 9.17) is 0 Å². The Morgan fingerprint density at radius 1 is 1.21 bits per heavy atom. The molecule has 0 spiro atoms. The molecule has 1 fully saturated rings. The lowest BCUT2D eigenvalue weighted by Gasteiger charge is -2.14.